The van der Waals surface area contributed by atoms with Crippen LogP contribution in [-0.2, 0) is 26.2 Å². The largest absolute Gasteiger partial charge is 0.497 e. The first-order valence-electron chi connectivity index (χ1n) is 14.0. The second kappa shape index (κ2) is 14.7. The van der Waals surface area contributed by atoms with E-state index in [1.165, 1.54) is 31.3 Å². The fourth-order valence-electron chi connectivity index (χ4n) is 4.56. The van der Waals surface area contributed by atoms with E-state index in [2.05, 4.69) is 5.32 Å². The van der Waals surface area contributed by atoms with Gasteiger partial charge in [0.15, 0.2) is 0 Å². The molecule has 1 N–H and O–H groups in total. The molecule has 0 bridgehead atoms. The van der Waals surface area contributed by atoms with Crippen LogP contribution in [0.25, 0.3) is 0 Å². The number of carbonyl (C=O) groups excluding carboxylic acids is 2. The molecule has 3 rings (SSSR count). The lowest BCUT2D eigenvalue weighted by atomic mass is 10.1. The summed E-state index contributed by atoms with van der Waals surface area (Å²) in [5.74, 6) is -0.0196. The fourth-order valence-corrected chi connectivity index (χ4v) is 5.98. The number of sulfonamides is 1. The Hall–Kier alpha value is -4.05. The molecule has 0 aliphatic rings. The van der Waals surface area contributed by atoms with Gasteiger partial charge in [-0.25, -0.2) is 8.42 Å². The third-order valence-electron chi connectivity index (χ3n) is 7.27. The van der Waals surface area contributed by atoms with Crippen molar-refractivity contribution in [3.8, 4) is 11.5 Å². The summed E-state index contributed by atoms with van der Waals surface area (Å²) in [4.78, 5) is 29.1. The summed E-state index contributed by atoms with van der Waals surface area (Å²) in [5.41, 5.74) is 2.03. The molecule has 3 aromatic rings. The fraction of sp³-hybridized carbons (Fsp3) is 0.375. The number of carbonyl (C=O) groups is 2. The highest BCUT2D eigenvalue weighted by atomic mass is 32.2. The lowest BCUT2D eigenvalue weighted by Crippen LogP contribution is -2.53. The second-order valence-electron chi connectivity index (χ2n) is 10.0. The van der Waals surface area contributed by atoms with Gasteiger partial charge in [-0.2, -0.15) is 0 Å². The number of ether oxygens (including phenoxy) is 2. The highest BCUT2D eigenvalue weighted by Crippen LogP contribution is 2.33. The third-order valence-corrected chi connectivity index (χ3v) is 9.04. The van der Waals surface area contributed by atoms with Crippen molar-refractivity contribution in [2.24, 2.45) is 0 Å². The number of anilines is 1. The number of aryl methyl sites for hydroxylation is 1. The van der Waals surface area contributed by atoms with Gasteiger partial charge in [0, 0.05) is 12.6 Å². The van der Waals surface area contributed by atoms with E-state index in [1.807, 2.05) is 52.0 Å². The molecule has 0 saturated carbocycles. The Morgan fingerprint density at radius 3 is 2.12 bits per heavy atom. The number of hydrogen-bond donors (Lipinski definition) is 1. The van der Waals surface area contributed by atoms with Gasteiger partial charge in [-0.1, -0.05) is 50.2 Å². The molecule has 0 fully saturated rings. The summed E-state index contributed by atoms with van der Waals surface area (Å²) in [6.07, 6.45) is 1.08. The lowest BCUT2D eigenvalue weighted by Gasteiger charge is -2.34. The third kappa shape index (κ3) is 7.61. The molecule has 2 atom stereocenters. The topological polar surface area (TPSA) is 105 Å². The number of nitrogens with zero attached hydrogens (tertiary/aromatic N) is 2. The minimum atomic E-state index is -4.25. The summed E-state index contributed by atoms with van der Waals surface area (Å²) < 4.78 is 39.9. The van der Waals surface area contributed by atoms with Crippen LogP contribution in [0.5, 0.6) is 11.5 Å². The summed E-state index contributed by atoms with van der Waals surface area (Å²) in [7, 11) is -1.31. The first-order chi connectivity index (χ1) is 20.1. The number of benzene rings is 3. The Balaban J connectivity index is 2.11. The van der Waals surface area contributed by atoms with Gasteiger partial charge in [0.25, 0.3) is 10.0 Å². The predicted octanol–water partition coefficient (Wildman–Crippen LogP) is 4.93. The molecule has 0 unspecified atom stereocenters. The van der Waals surface area contributed by atoms with E-state index in [0.717, 1.165) is 21.9 Å². The van der Waals surface area contributed by atoms with Gasteiger partial charge >= 0.3 is 0 Å². The predicted molar refractivity (Wildman–Crippen MR) is 164 cm³/mol. The Morgan fingerprint density at radius 2 is 1.52 bits per heavy atom. The first kappa shape index (κ1) is 32.5. The van der Waals surface area contributed by atoms with Crippen LogP contribution >= 0.6 is 0 Å². The number of methoxy groups -OCH3 is 2. The van der Waals surface area contributed by atoms with E-state index >= 15 is 0 Å². The van der Waals surface area contributed by atoms with Crippen molar-refractivity contribution in [2.45, 2.75) is 64.1 Å². The van der Waals surface area contributed by atoms with Crippen molar-refractivity contribution >= 4 is 27.5 Å². The van der Waals surface area contributed by atoms with E-state index in [9.17, 15) is 18.0 Å². The molecule has 0 spiro atoms. The zero-order valence-electron chi connectivity index (χ0n) is 25.2. The van der Waals surface area contributed by atoms with Gasteiger partial charge < -0.3 is 19.7 Å². The van der Waals surface area contributed by atoms with Gasteiger partial charge in [0.1, 0.15) is 24.1 Å². The van der Waals surface area contributed by atoms with Gasteiger partial charge in [-0.05, 0) is 74.2 Å². The minimum absolute atomic E-state index is 0.0194. The summed E-state index contributed by atoms with van der Waals surface area (Å²) >= 11 is 0. The monoisotopic (exact) mass is 595 g/mol. The van der Waals surface area contributed by atoms with Crippen molar-refractivity contribution in [3.05, 3.63) is 83.9 Å². The van der Waals surface area contributed by atoms with Gasteiger partial charge in [-0.15, -0.1) is 0 Å². The van der Waals surface area contributed by atoms with Gasteiger partial charge in [-0.3, -0.25) is 13.9 Å². The number of hydrogen-bond acceptors (Lipinski definition) is 6. The van der Waals surface area contributed by atoms with E-state index < -0.39 is 28.5 Å². The van der Waals surface area contributed by atoms with Crippen LogP contribution in [0, 0.1) is 6.92 Å². The van der Waals surface area contributed by atoms with Crippen LogP contribution in [0.3, 0.4) is 0 Å². The molecule has 0 heterocycles. The number of amides is 2. The van der Waals surface area contributed by atoms with Crippen molar-refractivity contribution in [3.63, 3.8) is 0 Å². The molecule has 42 heavy (non-hydrogen) atoms. The minimum Gasteiger partial charge on any atom is -0.497 e. The van der Waals surface area contributed by atoms with Crippen molar-refractivity contribution in [1.29, 1.82) is 0 Å². The number of nitrogens with one attached hydrogen (secondary N) is 1. The Bertz CT molecular complexity index is 1460. The molecule has 226 valence electrons. The zero-order chi connectivity index (χ0) is 30.9. The number of para-hydroxylation sites is 2. The van der Waals surface area contributed by atoms with Crippen molar-refractivity contribution in [1.82, 2.24) is 10.2 Å². The molecule has 0 saturated heterocycles. The Morgan fingerprint density at radius 1 is 0.881 bits per heavy atom. The smallest absolute Gasteiger partial charge is 0.264 e. The van der Waals surface area contributed by atoms with Gasteiger partial charge in [0.2, 0.25) is 11.8 Å². The molecule has 2 amide bonds. The van der Waals surface area contributed by atoms with E-state index in [-0.39, 0.29) is 34.8 Å². The van der Waals surface area contributed by atoms with Crippen molar-refractivity contribution < 1.29 is 27.5 Å². The highest BCUT2D eigenvalue weighted by Gasteiger charge is 2.35. The van der Waals surface area contributed by atoms with Crippen LogP contribution < -0.4 is 19.1 Å². The molecule has 3 aromatic carbocycles. The standard InChI is InChI=1S/C32H41N3O6S/c1-7-24(4)33-32(37)28(8-2)34(21-25-14-10-9-13-23(25)3)31(36)22-35(29-15-11-12-16-30(29)41-6)42(38,39)27-19-17-26(40-5)18-20-27/h9-20,24,28H,7-8,21-22H2,1-6H3,(H,33,37)/t24-,28+/m0/s1. The molecule has 0 radical (unpaired) electrons. The summed E-state index contributed by atoms with van der Waals surface area (Å²) in [6.45, 7) is 7.24. The molecule has 9 nitrogen and oxygen atoms in total. The SMILES string of the molecule is CC[C@H](C(=O)N[C@@H](C)CC)N(Cc1ccccc1C)C(=O)CN(c1ccccc1OC)S(=O)(=O)c1ccc(OC)cc1. The average molecular weight is 596 g/mol. The molecule has 0 aromatic heterocycles. The van der Waals surface area contributed by atoms with E-state index in [4.69, 9.17) is 9.47 Å². The highest BCUT2D eigenvalue weighted by molar-refractivity contribution is 7.92. The molecule has 0 aliphatic heterocycles. The average Bonchev–Trinajstić information content (AvgIpc) is 3.00. The molecular weight excluding hydrogens is 554 g/mol. The zero-order valence-corrected chi connectivity index (χ0v) is 26.0. The van der Waals surface area contributed by atoms with Crippen LogP contribution in [-0.4, -0.2) is 58.0 Å². The van der Waals surface area contributed by atoms with Crippen LogP contribution in [0.1, 0.15) is 44.7 Å². The maximum Gasteiger partial charge on any atom is 0.264 e. The second-order valence-corrected chi connectivity index (χ2v) is 11.9. The van der Waals surface area contributed by atoms with Gasteiger partial charge in [0.05, 0.1) is 24.8 Å². The van der Waals surface area contributed by atoms with Crippen LogP contribution in [0.15, 0.2) is 77.7 Å². The van der Waals surface area contributed by atoms with Crippen molar-refractivity contribution in [2.75, 3.05) is 25.1 Å². The van der Waals surface area contributed by atoms with Crippen LogP contribution in [0.2, 0.25) is 0 Å². The van der Waals surface area contributed by atoms with Crippen LogP contribution in [0.4, 0.5) is 5.69 Å². The quantitative estimate of drug-likeness (QED) is 0.283. The maximum atomic E-state index is 14.3. The molecular formula is C32H41N3O6S. The molecule has 10 heteroatoms. The maximum absolute atomic E-state index is 14.3. The summed E-state index contributed by atoms with van der Waals surface area (Å²) in [5, 5.41) is 2.99. The molecule has 0 aliphatic carbocycles. The summed E-state index contributed by atoms with van der Waals surface area (Å²) in [6, 6.07) is 19.3. The normalized spacial score (nSPS) is 12.6. The van der Waals surface area contributed by atoms with E-state index in [1.54, 1.807) is 36.4 Å². The lowest BCUT2D eigenvalue weighted by molar-refractivity contribution is -0.140. The number of rotatable bonds is 14. The first-order valence-corrected chi connectivity index (χ1v) is 15.4. The Labute approximate surface area is 249 Å². The van der Waals surface area contributed by atoms with E-state index in [0.29, 0.717) is 12.2 Å². The Kier molecular flexibility index (Phi) is 11.4.